The number of benzene rings is 2. The molecule has 2 aromatic carbocycles. The summed E-state index contributed by atoms with van der Waals surface area (Å²) in [6, 6.07) is 13.0. The van der Waals surface area contributed by atoms with Gasteiger partial charge in [0.05, 0.1) is 5.69 Å². The molecule has 3 nitrogen and oxygen atoms in total. The van der Waals surface area contributed by atoms with Crippen molar-refractivity contribution in [3.8, 4) is 5.75 Å². The molecule has 2 rings (SSSR count). The van der Waals surface area contributed by atoms with Gasteiger partial charge in [0.15, 0.2) is 6.10 Å². The van der Waals surface area contributed by atoms with Crippen LogP contribution < -0.4 is 10.1 Å². The molecule has 0 heterocycles. The van der Waals surface area contributed by atoms with Gasteiger partial charge in [-0.2, -0.15) is 8.78 Å². The zero-order chi connectivity index (χ0) is 16.8. The molecule has 0 saturated carbocycles. The summed E-state index contributed by atoms with van der Waals surface area (Å²) in [6.45, 7) is 1.57. The predicted molar refractivity (Wildman–Crippen MR) is 88.5 cm³/mol. The van der Waals surface area contributed by atoms with Crippen LogP contribution in [0.2, 0.25) is 5.02 Å². The summed E-state index contributed by atoms with van der Waals surface area (Å²) in [5.41, 5.74) is 0.323. The number of amides is 1. The molecule has 7 heteroatoms. The summed E-state index contributed by atoms with van der Waals surface area (Å²) in [4.78, 5) is 12.5. The number of rotatable bonds is 6. The minimum Gasteiger partial charge on any atom is -0.481 e. The second-order valence-corrected chi connectivity index (χ2v) is 6.05. The number of nitrogens with one attached hydrogen (secondary N) is 1. The molecule has 0 saturated heterocycles. The van der Waals surface area contributed by atoms with Gasteiger partial charge in [-0.05, 0) is 37.3 Å². The van der Waals surface area contributed by atoms with E-state index in [4.69, 9.17) is 16.3 Å². The Labute approximate surface area is 142 Å². The lowest BCUT2D eigenvalue weighted by Gasteiger charge is -2.16. The Morgan fingerprint density at radius 1 is 1.22 bits per heavy atom. The highest BCUT2D eigenvalue weighted by atomic mass is 35.5. The Balaban J connectivity index is 2.04. The van der Waals surface area contributed by atoms with Gasteiger partial charge in [-0.15, -0.1) is 0 Å². The normalized spacial score (nSPS) is 12.0. The molecule has 23 heavy (non-hydrogen) atoms. The summed E-state index contributed by atoms with van der Waals surface area (Å²) < 4.78 is 30.6. The zero-order valence-corrected chi connectivity index (χ0v) is 13.7. The number of hydrogen-bond donors (Lipinski definition) is 1. The quantitative estimate of drug-likeness (QED) is 0.734. The fraction of sp³-hybridized carbons (Fsp3) is 0.188. The Morgan fingerprint density at radius 2 is 1.96 bits per heavy atom. The maximum Gasteiger partial charge on any atom is 0.288 e. The molecule has 0 aliphatic rings. The predicted octanol–water partition coefficient (Wildman–Crippen LogP) is 5.06. The molecule has 1 amide bonds. The SMILES string of the molecule is C[C@H](Oc1cccc(Cl)c1)C(=O)Nc1ccccc1SC(F)F. The standard InChI is InChI=1S/C16H14ClF2NO2S/c1-10(22-12-6-4-5-11(17)9-12)15(21)20-13-7-2-3-8-14(13)23-16(18)19/h2-10,16H,1H3,(H,20,21)/t10-/m0/s1. The Hall–Kier alpha value is -1.79. The van der Waals surface area contributed by atoms with E-state index in [0.29, 0.717) is 33.1 Å². The van der Waals surface area contributed by atoms with E-state index >= 15 is 0 Å². The van der Waals surface area contributed by atoms with Crippen LogP contribution in [0.5, 0.6) is 5.75 Å². The Kier molecular flexibility index (Phi) is 6.24. The Morgan fingerprint density at radius 3 is 2.65 bits per heavy atom. The smallest absolute Gasteiger partial charge is 0.288 e. The van der Waals surface area contributed by atoms with E-state index in [-0.39, 0.29) is 0 Å². The number of anilines is 1. The van der Waals surface area contributed by atoms with Crippen molar-refractivity contribution >= 4 is 35.0 Å². The summed E-state index contributed by atoms with van der Waals surface area (Å²) >= 11 is 6.23. The van der Waals surface area contributed by atoms with Gasteiger partial charge in [0.1, 0.15) is 5.75 Å². The van der Waals surface area contributed by atoms with Crippen LogP contribution >= 0.6 is 23.4 Å². The summed E-state index contributed by atoms with van der Waals surface area (Å²) in [5, 5.41) is 3.09. The molecule has 122 valence electrons. The molecule has 2 aromatic rings. The van der Waals surface area contributed by atoms with E-state index in [1.165, 1.54) is 6.07 Å². The molecule has 0 spiro atoms. The largest absolute Gasteiger partial charge is 0.481 e. The Bertz CT molecular complexity index is 685. The molecular formula is C16H14ClF2NO2S. The number of carbonyl (C=O) groups excluding carboxylic acids is 1. The fourth-order valence-electron chi connectivity index (χ4n) is 1.80. The molecule has 0 bridgehead atoms. The number of para-hydroxylation sites is 1. The molecule has 0 unspecified atom stereocenters. The molecule has 0 aromatic heterocycles. The highest BCUT2D eigenvalue weighted by molar-refractivity contribution is 7.99. The van der Waals surface area contributed by atoms with Crippen LogP contribution in [0.4, 0.5) is 14.5 Å². The van der Waals surface area contributed by atoms with E-state index in [1.54, 1.807) is 49.4 Å². The molecule has 0 radical (unpaired) electrons. The van der Waals surface area contributed by atoms with Gasteiger partial charge in [-0.1, -0.05) is 41.6 Å². The van der Waals surface area contributed by atoms with Crippen LogP contribution in [0.1, 0.15) is 6.92 Å². The fourth-order valence-corrected chi connectivity index (χ4v) is 2.58. The third-order valence-corrected chi connectivity index (χ3v) is 3.86. The van der Waals surface area contributed by atoms with Crippen LogP contribution in [-0.4, -0.2) is 17.8 Å². The average Bonchev–Trinajstić information content (AvgIpc) is 2.48. The van der Waals surface area contributed by atoms with E-state index in [0.717, 1.165) is 0 Å². The van der Waals surface area contributed by atoms with Gasteiger partial charge >= 0.3 is 0 Å². The van der Waals surface area contributed by atoms with Gasteiger partial charge < -0.3 is 10.1 Å². The van der Waals surface area contributed by atoms with Crippen molar-refractivity contribution in [1.82, 2.24) is 0 Å². The van der Waals surface area contributed by atoms with Gasteiger partial charge in [-0.25, -0.2) is 0 Å². The monoisotopic (exact) mass is 357 g/mol. The highest BCUT2D eigenvalue weighted by Gasteiger charge is 2.17. The van der Waals surface area contributed by atoms with Crippen molar-refractivity contribution < 1.29 is 18.3 Å². The van der Waals surface area contributed by atoms with Crippen LogP contribution in [0.3, 0.4) is 0 Å². The van der Waals surface area contributed by atoms with Gasteiger partial charge in [0, 0.05) is 9.92 Å². The zero-order valence-electron chi connectivity index (χ0n) is 12.1. The molecule has 0 fully saturated rings. The number of hydrogen-bond acceptors (Lipinski definition) is 3. The van der Waals surface area contributed by atoms with Gasteiger partial charge in [0.25, 0.3) is 11.7 Å². The second-order valence-electron chi connectivity index (χ2n) is 4.58. The van der Waals surface area contributed by atoms with E-state index in [2.05, 4.69) is 5.32 Å². The number of thioether (sulfide) groups is 1. The number of halogens is 3. The third-order valence-electron chi connectivity index (χ3n) is 2.84. The van der Waals surface area contributed by atoms with Crippen molar-refractivity contribution in [3.05, 3.63) is 53.6 Å². The molecule has 1 N–H and O–H groups in total. The number of ether oxygens (including phenoxy) is 1. The van der Waals surface area contributed by atoms with Crippen molar-refractivity contribution in [2.75, 3.05) is 5.32 Å². The van der Waals surface area contributed by atoms with Crippen molar-refractivity contribution in [2.45, 2.75) is 23.7 Å². The topological polar surface area (TPSA) is 38.3 Å². The maximum atomic E-state index is 12.5. The van der Waals surface area contributed by atoms with E-state index < -0.39 is 17.8 Å². The van der Waals surface area contributed by atoms with E-state index in [9.17, 15) is 13.6 Å². The first-order valence-electron chi connectivity index (χ1n) is 6.72. The number of carbonyl (C=O) groups is 1. The number of alkyl halides is 2. The first kappa shape index (κ1) is 17.6. The molecule has 0 aliphatic heterocycles. The van der Waals surface area contributed by atoms with Crippen LogP contribution in [0.25, 0.3) is 0 Å². The average molecular weight is 358 g/mol. The van der Waals surface area contributed by atoms with Gasteiger partial charge in [-0.3, -0.25) is 4.79 Å². The van der Waals surface area contributed by atoms with E-state index in [1.807, 2.05) is 0 Å². The van der Waals surface area contributed by atoms with Crippen molar-refractivity contribution in [1.29, 1.82) is 0 Å². The van der Waals surface area contributed by atoms with Crippen molar-refractivity contribution in [3.63, 3.8) is 0 Å². The lowest BCUT2D eigenvalue weighted by molar-refractivity contribution is -0.122. The van der Waals surface area contributed by atoms with Crippen LogP contribution in [0, 0.1) is 0 Å². The molecule has 1 atom stereocenters. The minimum absolute atomic E-state index is 0.297. The first-order valence-corrected chi connectivity index (χ1v) is 7.98. The lowest BCUT2D eigenvalue weighted by atomic mass is 10.3. The summed E-state index contributed by atoms with van der Waals surface area (Å²) in [7, 11) is 0. The van der Waals surface area contributed by atoms with Crippen LogP contribution in [-0.2, 0) is 4.79 Å². The summed E-state index contributed by atoms with van der Waals surface area (Å²) in [5.74, 6) is -2.55. The minimum atomic E-state index is -2.56. The lowest BCUT2D eigenvalue weighted by Crippen LogP contribution is -2.30. The first-order chi connectivity index (χ1) is 11.0. The third kappa shape index (κ3) is 5.41. The van der Waals surface area contributed by atoms with Crippen LogP contribution in [0.15, 0.2) is 53.4 Å². The maximum absolute atomic E-state index is 12.5. The molecule has 0 aliphatic carbocycles. The highest BCUT2D eigenvalue weighted by Crippen LogP contribution is 2.31. The van der Waals surface area contributed by atoms with Gasteiger partial charge in [0.2, 0.25) is 0 Å². The van der Waals surface area contributed by atoms with Crippen molar-refractivity contribution in [2.24, 2.45) is 0 Å². The summed E-state index contributed by atoms with van der Waals surface area (Å²) in [6.07, 6.45) is -0.807. The molecular weight excluding hydrogens is 344 g/mol. The second kappa shape index (κ2) is 8.17.